The van der Waals surface area contributed by atoms with Crippen LogP contribution in [0.15, 0.2) is 23.0 Å². The van der Waals surface area contributed by atoms with E-state index in [2.05, 4.69) is 9.97 Å². The Morgan fingerprint density at radius 3 is 3.00 bits per heavy atom. The lowest BCUT2D eigenvalue weighted by Crippen LogP contribution is -2.12. The van der Waals surface area contributed by atoms with Gasteiger partial charge in [-0.05, 0) is 12.1 Å². The smallest absolute Gasteiger partial charge is 0.258 e. The predicted octanol–water partition coefficient (Wildman–Crippen LogP) is 1.71. The van der Waals surface area contributed by atoms with E-state index in [-0.39, 0.29) is 5.56 Å². The Kier molecular flexibility index (Phi) is 3.01. The van der Waals surface area contributed by atoms with E-state index in [1.54, 1.807) is 18.2 Å². The molecule has 0 aliphatic heterocycles. The molecule has 0 fully saturated rings. The Labute approximate surface area is 96.3 Å². The highest BCUT2D eigenvalue weighted by Gasteiger charge is 2.06. The number of benzene rings is 1. The van der Waals surface area contributed by atoms with Gasteiger partial charge in [-0.25, -0.2) is 4.98 Å². The largest absolute Gasteiger partial charge is 0.310 e. The second-order valence-corrected chi connectivity index (χ2v) is 3.76. The molecule has 0 bridgehead atoms. The summed E-state index contributed by atoms with van der Waals surface area (Å²) < 4.78 is 0. The summed E-state index contributed by atoms with van der Waals surface area (Å²) >= 11 is 5.95. The first-order valence-corrected chi connectivity index (χ1v) is 5.21. The van der Waals surface area contributed by atoms with Crippen molar-refractivity contribution in [3.63, 3.8) is 0 Å². The van der Waals surface area contributed by atoms with Crippen LogP contribution in [0.3, 0.4) is 0 Å². The number of aromatic nitrogens is 2. The van der Waals surface area contributed by atoms with Gasteiger partial charge in [-0.3, -0.25) is 4.79 Å². The third-order valence-electron chi connectivity index (χ3n) is 2.23. The van der Waals surface area contributed by atoms with Gasteiger partial charge in [0, 0.05) is 12.8 Å². The molecule has 1 heterocycles. The van der Waals surface area contributed by atoms with E-state index in [1.165, 1.54) is 0 Å². The number of hydrogen-bond donors (Lipinski definition) is 1. The zero-order chi connectivity index (χ0) is 11.5. The molecule has 0 amide bonds. The van der Waals surface area contributed by atoms with Gasteiger partial charge in [0.2, 0.25) is 0 Å². The first-order valence-electron chi connectivity index (χ1n) is 4.83. The van der Waals surface area contributed by atoms with E-state index < -0.39 is 0 Å². The number of hydrogen-bond acceptors (Lipinski definition) is 3. The Morgan fingerprint density at radius 1 is 1.44 bits per heavy atom. The molecule has 0 aliphatic carbocycles. The summed E-state index contributed by atoms with van der Waals surface area (Å²) in [6.07, 6.45) is 1.54. The van der Waals surface area contributed by atoms with E-state index in [0.29, 0.717) is 34.6 Å². The molecule has 16 heavy (non-hydrogen) atoms. The summed E-state index contributed by atoms with van der Waals surface area (Å²) in [7, 11) is 0. The minimum atomic E-state index is -0.228. The number of H-pyrrole nitrogens is 1. The molecule has 1 aromatic heterocycles. The normalized spacial score (nSPS) is 10.6. The third kappa shape index (κ3) is 1.97. The zero-order valence-electron chi connectivity index (χ0n) is 8.37. The molecular weight excluding hydrogens is 228 g/mol. The van der Waals surface area contributed by atoms with Crippen LogP contribution in [0.25, 0.3) is 10.9 Å². The molecule has 1 aromatic carbocycles. The van der Waals surface area contributed by atoms with Crippen LogP contribution in [0.1, 0.15) is 12.2 Å². The van der Waals surface area contributed by atoms with Gasteiger partial charge in [-0.15, -0.1) is 0 Å². The highest BCUT2D eigenvalue weighted by atomic mass is 35.5. The van der Waals surface area contributed by atoms with Crippen molar-refractivity contribution in [2.24, 2.45) is 0 Å². The van der Waals surface area contributed by atoms with Gasteiger partial charge in [-0.1, -0.05) is 17.7 Å². The van der Waals surface area contributed by atoms with Crippen LogP contribution >= 0.6 is 11.6 Å². The van der Waals surface area contributed by atoms with E-state index in [9.17, 15) is 9.59 Å². The van der Waals surface area contributed by atoms with Crippen LogP contribution in [0, 0.1) is 0 Å². The van der Waals surface area contributed by atoms with Crippen molar-refractivity contribution >= 4 is 28.8 Å². The SMILES string of the molecule is O=CCCc1nc2c(Cl)cccc2c(=O)[nH]1. The van der Waals surface area contributed by atoms with Crippen molar-refractivity contribution in [2.75, 3.05) is 0 Å². The number of fused-ring (bicyclic) bond motifs is 1. The third-order valence-corrected chi connectivity index (χ3v) is 2.54. The van der Waals surface area contributed by atoms with Crippen molar-refractivity contribution in [3.05, 3.63) is 39.4 Å². The van der Waals surface area contributed by atoms with Crippen LogP contribution in [-0.4, -0.2) is 16.3 Å². The second-order valence-electron chi connectivity index (χ2n) is 3.35. The molecule has 1 N–H and O–H groups in total. The number of nitrogens with one attached hydrogen (secondary N) is 1. The summed E-state index contributed by atoms with van der Waals surface area (Å²) in [6, 6.07) is 5.04. The van der Waals surface area contributed by atoms with Crippen LogP contribution in [-0.2, 0) is 11.2 Å². The highest BCUT2D eigenvalue weighted by molar-refractivity contribution is 6.34. The fourth-order valence-electron chi connectivity index (χ4n) is 1.49. The Hall–Kier alpha value is -1.68. The van der Waals surface area contributed by atoms with Gasteiger partial charge in [0.05, 0.1) is 15.9 Å². The number of para-hydroxylation sites is 1. The first-order chi connectivity index (χ1) is 7.72. The maximum Gasteiger partial charge on any atom is 0.258 e. The number of carbonyl (C=O) groups excluding carboxylic acids is 1. The Bertz CT molecular complexity index is 592. The quantitative estimate of drug-likeness (QED) is 0.826. The van der Waals surface area contributed by atoms with Gasteiger partial charge in [0.25, 0.3) is 5.56 Å². The predicted molar refractivity (Wildman–Crippen MR) is 61.8 cm³/mol. The number of rotatable bonds is 3. The molecule has 0 unspecified atom stereocenters. The molecule has 2 rings (SSSR count). The molecule has 0 aliphatic rings. The molecule has 0 saturated heterocycles. The van der Waals surface area contributed by atoms with Gasteiger partial charge in [-0.2, -0.15) is 0 Å². The average molecular weight is 237 g/mol. The molecular formula is C11H9ClN2O2. The number of aryl methyl sites for hydroxylation is 1. The lowest BCUT2D eigenvalue weighted by atomic mass is 10.2. The van der Waals surface area contributed by atoms with E-state index in [4.69, 9.17) is 11.6 Å². The fourth-order valence-corrected chi connectivity index (χ4v) is 1.70. The number of aldehydes is 1. The standard InChI is InChI=1S/C11H9ClN2O2/c12-8-4-1-3-7-10(8)13-9(5-2-6-15)14-11(7)16/h1,3-4,6H,2,5H2,(H,13,14,16). The summed E-state index contributed by atoms with van der Waals surface area (Å²) in [5.41, 5.74) is 0.252. The highest BCUT2D eigenvalue weighted by Crippen LogP contribution is 2.18. The van der Waals surface area contributed by atoms with Crippen molar-refractivity contribution in [2.45, 2.75) is 12.8 Å². The Morgan fingerprint density at radius 2 is 2.25 bits per heavy atom. The zero-order valence-corrected chi connectivity index (χ0v) is 9.12. The molecule has 82 valence electrons. The fraction of sp³-hybridized carbons (Fsp3) is 0.182. The lowest BCUT2D eigenvalue weighted by molar-refractivity contribution is -0.107. The molecule has 5 heteroatoms. The van der Waals surface area contributed by atoms with Gasteiger partial charge in [0.15, 0.2) is 0 Å². The van der Waals surface area contributed by atoms with E-state index >= 15 is 0 Å². The minimum Gasteiger partial charge on any atom is -0.310 e. The molecule has 0 atom stereocenters. The van der Waals surface area contributed by atoms with Crippen LogP contribution in [0.2, 0.25) is 5.02 Å². The number of nitrogens with zero attached hydrogens (tertiary/aromatic N) is 1. The lowest BCUT2D eigenvalue weighted by Gasteiger charge is -2.02. The second kappa shape index (κ2) is 4.45. The van der Waals surface area contributed by atoms with E-state index in [1.807, 2.05) is 0 Å². The Balaban J connectivity index is 2.61. The topological polar surface area (TPSA) is 62.8 Å². The van der Waals surface area contributed by atoms with Crippen molar-refractivity contribution in [3.8, 4) is 0 Å². The summed E-state index contributed by atoms with van der Waals surface area (Å²) in [4.78, 5) is 28.8. The molecule has 0 saturated carbocycles. The van der Waals surface area contributed by atoms with Gasteiger partial charge >= 0.3 is 0 Å². The van der Waals surface area contributed by atoms with Gasteiger partial charge < -0.3 is 9.78 Å². The average Bonchev–Trinajstić information content (AvgIpc) is 2.28. The summed E-state index contributed by atoms with van der Waals surface area (Å²) in [5.74, 6) is 0.484. The first kappa shape index (κ1) is 10.8. The maximum absolute atomic E-state index is 11.7. The van der Waals surface area contributed by atoms with Crippen LogP contribution < -0.4 is 5.56 Å². The van der Waals surface area contributed by atoms with E-state index in [0.717, 1.165) is 6.29 Å². The monoisotopic (exact) mass is 236 g/mol. The minimum absolute atomic E-state index is 0.228. The number of aromatic amines is 1. The van der Waals surface area contributed by atoms with Gasteiger partial charge in [0.1, 0.15) is 12.1 Å². The summed E-state index contributed by atoms with van der Waals surface area (Å²) in [5, 5.41) is 0.901. The van der Waals surface area contributed by atoms with Crippen molar-refractivity contribution < 1.29 is 4.79 Å². The van der Waals surface area contributed by atoms with Crippen molar-refractivity contribution in [1.29, 1.82) is 0 Å². The maximum atomic E-state index is 11.7. The van der Waals surface area contributed by atoms with Crippen molar-refractivity contribution in [1.82, 2.24) is 9.97 Å². The molecule has 0 radical (unpaired) electrons. The van der Waals surface area contributed by atoms with Crippen LogP contribution in [0.5, 0.6) is 0 Å². The molecule has 2 aromatic rings. The van der Waals surface area contributed by atoms with Crippen LogP contribution in [0.4, 0.5) is 0 Å². The number of halogens is 1. The molecule has 4 nitrogen and oxygen atoms in total. The number of carbonyl (C=O) groups is 1. The summed E-state index contributed by atoms with van der Waals surface area (Å²) in [6.45, 7) is 0. The molecule has 0 spiro atoms.